The molecule has 0 bridgehead atoms. The summed E-state index contributed by atoms with van der Waals surface area (Å²) in [7, 11) is 0. The van der Waals surface area contributed by atoms with Crippen molar-refractivity contribution in [2.75, 3.05) is 13.1 Å². The lowest BCUT2D eigenvalue weighted by Crippen LogP contribution is -2.30. The second-order valence-electron chi connectivity index (χ2n) is 5.40. The summed E-state index contributed by atoms with van der Waals surface area (Å²) in [4.78, 5) is 2.49. The Morgan fingerprint density at radius 3 is 2.67 bits per heavy atom. The Morgan fingerprint density at radius 2 is 2.06 bits per heavy atom. The predicted octanol–water partition coefficient (Wildman–Crippen LogP) is 2.96. The van der Waals surface area contributed by atoms with Crippen LogP contribution in [0.3, 0.4) is 0 Å². The highest BCUT2D eigenvalue weighted by Crippen LogP contribution is 2.44. The molecule has 0 radical (unpaired) electrons. The van der Waals surface area contributed by atoms with E-state index in [2.05, 4.69) is 4.90 Å². The van der Waals surface area contributed by atoms with Crippen LogP contribution >= 0.6 is 11.6 Å². The number of hydrogen-bond donors (Lipinski definition) is 1. The van der Waals surface area contributed by atoms with Crippen LogP contribution in [0.5, 0.6) is 0 Å². The molecule has 18 heavy (non-hydrogen) atoms. The molecule has 1 saturated carbocycles. The summed E-state index contributed by atoms with van der Waals surface area (Å²) in [5.74, 6) is 0.166. The van der Waals surface area contributed by atoms with Gasteiger partial charge >= 0.3 is 0 Å². The molecule has 1 saturated heterocycles. The largest absolute Gasteiger partial charge is 0.330 e. The lowest BCUT2D eigenvalue weighted by molar-refractivity contribution is 0.220. The SMILES string of the molecule is NCC1CCN(C2CC2)C1c1cc(F)cc(Cl)c1. The molecule has 1 aromatic rings. The van der Waals surface area contributed by atoms with E-state index in [4.69, 9.17) is 17.3 Å². The molecule has 0 amide bonds. The molecule has 2 fully saturated rings. The molecular weight excluding hydrogens is 251 g/mol. The standard InChI is InChI=1S/C14H18ClFN2/c15-11-5-10(6-12(16)7-11)14-9(8-17)3-4-18(14)13-1-2-13/h5-7,9,13-14H,1-4,8,17H2. The molecule has 2 nitrogen and oxygen atoms in total. The highest BCUT2D eigenvalue weighted by atomic mass is 35.5. The van der Waals surface area contributed by atoms with E-state index < -0.39 is 0 Å². The number of benzene rings is 1. The summed E-state index contributed by atoms with van der Waals surface area (Å²) < 4.78 is 13.5. The van der Waals surface area contributed by atoms with Crippen LogP contribution in [0, 0.1) is 11.7 Å². The van der Waals surface area contributed by atoms with Crippen LogP contribution in [0.2, 0.25) is 5.02 Å². The van der Waals surface area contributed by atoms with Crippen LogP contribution in [0.1, 0.15) is 30.9 Å². The van der Waals surface area contributed by atoms with Gasteiger partial charge in [0, 0.05) is 17.1 Å². The topological polar surface area (TPSA) is 29.3 Å². The molecule has 3 rings (SSSR count). The van der Waals surface area contributed by atoms with E-state index in [0.717, 1.165) is 18.5 Å². The van der Waals surface area contributed by atoms with Gasteiger partial charge in [0.25, 0.3) is 0 Å². The Bertz CT molecular complexity index is 427. The van der Waals surface area contributed by atoms with E-state index in [1.165, 1.54) is 18.9 Å². The van der Waals surface area contributed by atoms with Gasteiger partial charge in [-0.1, -0.05) is 11.6 Å². The average molecular weight is 269 g/mol. The monoisotopic (exact) mass is 268 g/mol. The van der Waals surface area contributed by atoms with Crippen molar-refractivity contribution in [1.82, 2.24) is 4.90 Å². The van der Waals surface area contributed by atoms with Crippen LogP contribution in [0.25, 0.3) is 0 Å². The van der Waals surface area contributed by atoms with Gasteiger partial charge in [-0.15, -0.1) is 0 Å². The van der Waals surface area contributed by atoms with Gasteiger partial charge in [0.05, 0.1) is 0 Å². The van der Waals surface area contributed by atoms with Crippen LogP contribution in [0.15, 0.2) is 18.2 Å². The molecule has 2 atom stereocenters. The predicted molar refractivity (Wildman–Crippen MR) is 71.0 cm³/mol. The first-order valence-electron chi connectivity index (χ1n) is 6.61. The fourth-order valence-corrected chi connectivity index (χ4v) is 3.39. The van der Waals surface area contributed by atoms with E-state index in [1.807, 2.05) is 6.07 Å². The molecule has 2 unspecified atom stereocenters. The van der Waals surface area contributed by atoms with Gasteiger partial charge in [-0.3, -0.25) is 4.90 Å². The summed E-state index contributed by atoms with van der Waals surface area (Å²) in [6, 6.07) is 5.78. The average Bonchev–Trinajstić information content (AvgIpc) is 3.07. The van der Waals surface area contributed by atoms with Crippen LogP contribution < -0.4 is 5.73 Å². The van der Waals surface area contributed by atoms with Crippen molar-refractivity contribution in [2.24, 2.45) is 11.7 Å². The second kappa shape index (κ2) is 4.80. The zero-order chi connectivity index (χ0) is 12.7. The van der Waals surface area contributed by atoms with Gasteiger partial charge in [-0.2, -0.15) is 0 Å². The fourth-order valence-electron chi connectivity index (χ4n) is 3.15. The third kappa shape index (κ3) is 2.27. The van der Waals surface area contributed by atoms with Crippen molar-refractivity contribution >= 4 is 11.6 Å². The molecule has 1 aliphatic carbocycles. The second-order valence-corrected chi connectivity index (χ2v) is 5.84. The van der Waals surface area contributed by atoms with E-state index in [9.17, 15) is 4.39 Å². The smallest absolute Gasteiger partial charge is 0.125 e. The minimum Gasteiger partial charge on any atom is -0.330 e. The van der Waals surface area contributed by atoms with Gasteiger partial charge in [-0.25, -0.2) is 4.39 Å². The molecule has 2 N–H and O–H groups in total. The van der Waals surface area contributed by atoms with Gasteiger partial charge in [0.1, 0.15) is 5.82 Å². The van der Waals surface area contributed by atoms with Gasteiger partial charge in [-0.05, 0) is 62.0 Å². The molecular formula is C14H18ClFN2. The number of likely N-dealkylation sites (tertiary alicyclic amines) is 1. The third-order valence-electron chi connectivity index (χ3n) is 4.11. The normalized spacial score (nSPS) is 28.8. The van der Waals surface area contributed by atoms with Gasteiger partial charge < -0.3 is 5.73 Å². The number of nitrogens with two attached hydrogens (primary N) is 1. The summed E-state index contributed by atoms with van der Waals surface area (Å²) in [5, 5.41) is 0.475. The molecule has 4 heteroatoms. The van der Waals surface area contributed by atoms with Crippen molar-refractivity contribution in [3.63, 3.8) is 0 Å². The summed E-state index contributed by atoms with van der Waals surface area (Å²) in [6.45, 7) is 1.73. The number of rotatable bonds is 3. The Hall–Kier alpha value is -0.640. The van der Waals surface area contributed by atoms with Crippen molar-refractivity contribution in [1.29, 1.82) is 0 Å². The first-order valence-corrected chi connectivity index (χ1v) is 6.98. The van der Waals surface area contributed by atoms with Crippen molar-refractivity contribution in [3.8, 4) is 0 Å². The minimum atomic E-state index is -0.254. The number of hydrogen-bond acceptors (Lipinski definition) is 2. The van der Waals surface area contributed by atoms with Crippen molar-refractivity contribution in [3.05, 3.63) is 34.6 Å². The maximum Gasteiger partial charge on any atom is 0.125 e. The Balaban J connectivity index is 1.94. The Labute approximate surface area is 112 Å². The van der Waals surface area contributed by atoms with Crippen molar-refractivity contribution < 1.29 is 4.39 Å². The number of nitrogens with zero attached hydrogens (tertiary/aromatic N) is 1. The van der Waals surface area contributed by atoms with Crippen LogP contribution in [-0.2, 0) is 0 Å². The molecule has 2 aliphatic rings. The zero-order valence-corrected chi connectivity index (χ0v) is 11.0. The lowest BCUT2D eigenvalue weighted by atomic mass is 9.93. The van der Waals surface area contributed by atoms with E-state index in [1.54, 1.807) is 6.07 Å². The molecule has 1 aliphatic heterocycles. The first kappa shape index (κ1) is 12.4. The fraction of sp³-hybridized carbons (Fsp3) is 0.571. The molecule has 0 spiro atoms. The summed E-state index contributed by atoms with van der Waals surface area (Å²) in [5.41, 5.74) is 6.85. The van der Waals surface area contributed by atoms with Gasteiger partial charge in [0.2, 0.25) is 0 Å². The molecule has 98 valence electrons. The van der Waals surface area contributed by atoms with Crippen LogP contribution in [-0.4, -0.2) is 24.0 Å². The summed E-state index contributed by atoms with van der Waals surface area (Å²) >= 11 is 5.97. The first-order chi connectivity index (χ1) is 8.69. The zero-order valence-electron chi connectivity index (χ0n) is 10.3. The molecule has 0 aromatic heterocycles. The minimum absolute atomic E-state index is 0.246. The van der Waals surface area contributed by atoms with Crippen molar-refractivity contribution in [2.45, 2.75) is 31.3 Å². The highest BCUT2D eigenvalue weighted by Gasteiger charge is 2.42. The maximum atomic E-state index is 13.5. The number of halogens is 2. The van der Waals surface area contributed by atoms with E-state index in [0.29, 0.717) is 23.5 Å². The quantitative estimate of drug-likeness (QED) is 0.913. The lowest BCUT2D eigenvalue weighted by Gasteiger charge is -2.28. The van der Waals surface area contributed by atoms with Crippen LogP contribution in [0.4, 0.5) is 4.39 Å². The van der Waals surface area contributed by atoms with E-state index in [-0.39, 0.29) is 11.9 Å². The molecule has 1 aromatic carbocycles. The third-order valence-corrected chi connectivity index (χ3v) is 4.33. The van der Waals surface area contributed by atoms with E-state index >= 15 is 0 Å². The highest BCUT2D eigenvalue weighted by molar-refractivity contribution is 6.30. The Kier molecular flexibility index (Phi) is 3.31. The Morgan fingerprint density at radius 1 is 1.28 bits per heavy atom. The molecule has 1 heterocycles. The summed E-state index contributed by atoms with van der Waals surface area (Å²) in [6.07, 6.45) is 3.62. The van der Waals surface area contributed by atoms with Gasteiger partial charge in [0.15, 0.2) is 0 Å². The maximum absolute atomic E-state index is 13.5.